The fraction of sp³-hybridized carbons (Fsp3) is 0.455. The van der Waals surface area contributed by atoms with E-state index in [1.165, 1.54) is 6.07 Å². The van der Waals surface area contributed by atoms with Crippen LogP contribution in [0, 0.1) is 18.7 Å². The molecule has 1 aromatic carbocycles. The van der Waals surface area contributed by atoms with Crippen molar-refractivity contribution in [3.8, 4) is 0 Å². The van der Waals surface area contributed by atoms with E-state index in [4.69, 9.17) is 5.73 Å². The molecule has 0 amide bonds. The fourth-order valence-corrected chi connectivity index (χ4v) is 1.97. The molecular formula is C11H14FN. The van der Waals surface area contributed by atoms with Gasteiger partial charge in [0, 0.05) is 5.54 Å². The van der Waals surface area contributed by atoms with Crippen molar-refractivity contribution in [1.29, 1.82) is 0 Å². The van der Waals surface area contributed by atoms with Gasteiger partial charge in [0.2, 0.25) is 0 Å². The zero-order valence-corrected chi connectivity index (χ0v) is 7.97. The van der Waals surface area contributed by atoms with Crippen molar-refractivity contribution >= 4 is 0 Å². The lowest BCUT2D eigenvalue weighted by Gasteiger charge is -2.13. The maximum atomic E-state index is 12.8. The molecule has 0 saturated heterocycles. The summed E-state index contributed by atoms with van der Waals surface area (Å²) in [5.41, 5.74) is 8.02. The Morgan fingerprint density at radius 1 is 1.54 bits per heavy atom. The third kappa shape index (κ3) is 1.25. The molecule has 0 aliphatic heterocycles. The summed E-state index contributed by atoms with van der Waals surface area (Å²) in [5.74, 6) is 0.342. The second-order valence-electron chi connectivity index (χ2n) is 4.10. The number of halogens is 1. The molecule has 2 rings (SSSR count). The average molecular weight is 179 g/mol. The van der Waals surface area contributed by atoms with E-state index in [2.05, 4.69) is 6.92 Å². The predicted molar refractivity (Wildman–Crippen MR) is 50.8 cm³/mol. The van der Waals surface area contributed by atoms with Crippen LogP contribution in [-0.2, 0) is 5.54 Å². The zero-order valence-electron chi connectivity index (χ0n) is 7.97. The molecule has 1 aromatic rings. The molecular weight excluding hydrogens is 165 g/mol. The lowest BCUT2D eigenvalue weighted by molar-refractivity contribution is 0.616. The summed E-state index contributed by atoms with van der Waals surface area (Å²) in [7, 11) is 0. The van der Waals surface area contributed by atoms with E-state index in [0.717, 1.165) is 17.5 Å². The highest BCUT2D eigenvalue weighted by Crippen LogP contribution is 2.50. The number of hydrogen-bond acceptors (Lipinski definition) is 1. The summed E-state index contributed by atoms with van der Waals surface area (Å²) >= 11 is 0. The molecule has 70 valence electrons. The van der Waals surface area contributed by atoms with Crippen LogP contribution < -0.4 is 5.73 Å². The molecule has 2 heteroatoms. The van der Waals surface area contributed by atoms with Gasteiger partial charge in [-0.25, -0.2) is 4.39 Å². The zero-order chi connectivity index (χ0) is 9.64. The van der Waals surface area contributed by atoms with E-state index >= 15 is 0 Å². The molecule has 1 saturated carbocycles. The second kappa shape index (κ2) is 2.55. The molecule has 1 aliphatic rings. The summed E-state index contributed by atoms with van der Waals surface area (Å²) in [5, 5.41) is 0. The maximum Gasteiger partial charge on any atom is 0.123 e. The molecule has 1 nitrogen and oxygen atoms in total. The largest absolute Gasteiger partial charge is 0.321 e. The van der Waals surface area contributed by atoms with Gasteiger partial charge in [-0.1, -0.05) is 13.0 Å². The van der Waals surface area contributed by atoms with Crippen LogP contribution in [0.4, 0.5) is 4.39 Å². The third-order valence-corrected chi connectivity index (χ3v) is 3.05. The van der Waals surface area contributed by atoms with Gasteiger partial charge < -0.3 is 5.73 Å². The maximum absolute atomic E-state index is 12.8. The summed E-state index contributed by atoms with van der Waals surface area (Å²) in [6.07, 6.45) is 1.01. The topological polar surface area (TPSA) is 26.0 Å². The van der Waals surface area contributed by atoms with Gasteiger partial charge in [-0.15, -0.1) is 0 Å². The quantitative estimate of drug-likeness (QED) is 0.703. The Morgan fingerprint density at radius 3 is 2.62 bits per heavy atom. The van der Waals surface area contributed by atoms with Gasteiger partial charge in [-0.3, -0.25) is 0 Å². The molecule has 1 fully saturated rings. The Morgan fingerprint density at radius 2 is 2.15 bits per heavy atom. The predicted octanol–water partition coefficient (Wildman–Crippen LogP) is 2.33. The smallest absolute Gasteiger partial charge is 0.123 e. The van der Waals surface area contributed by atoms with Crippen LogP contribution in [0.1, 0.15) is 24.5 Å². The highest BCUT2D eigenvalue weighted by atomic mass is 19.1. The Labute approximate surface area is 77.8 Å². The molecule has 13 heavy (non-hydrogen) atoms. The minimum atomic E-state index is -0.183. The molecule has 0 bridgehead atoms. The van der Waals surface area contributed by atoms with Crippen LogP contribution >= 0.6 is 0 Å². The molecule has 0 heterocycles. The van der Waals surface area contributed by atoms with Crippen molar-refractivity contribution in [3.05, 3.63) is 35.1 Å². The van der Waals surface area contributed by atoms with Gasteiger partial charge in [-0.2, -0.15) is 0 Å². The first-order chi connectivity index (χ1) is 6.04. The Balaban J connectivity index is 2.42. The standard InChI is InChI=1S/C11H14FN/c1-7-5-9(12)3-4-10(7)11(13)6-8(11)2/h3-5,8H,6,13H2,1-2H3. The van der Waals surface area contributed by atoms with Crippen molar-refractivity contribution in [2.75, 3.05) is 0 Å². The van der Waals surface area contributed by atoms with Crippen molar-refractivity contribution < 1.29 is 4.39 Å². The van der Waals surface area contributed by atoms with Gasteiger partial charge >= 0.3 is 0 Å². The summed E-state index contributed by atoms with van der Waals surface area (Å²) in [6.45, 7) is 4.04. The molecule has 1 aliphatic carbocycles. The molecule has 2 unspecified atom stereocenters. The summed E-state index contributed by atoms with van der Waals surface area (Å²) in [6, 6.07) is 4.85. The first-order valence-corrected chi connectivity index (χ1v) is 4.59. The Kier molecular flexibility index (Phi) is 1.70. The molecule has 2 N–H and O–H groups in total. The first kappa shape index (κ1) is 8.70. The minimum Gasteiger partial charge on any atom is -0.321 e. The molecule has 0 radical (unpaired) electrons. The van der Waals surface area contributed by atoms with Crippen LogP contribution in [0.25, 0.3) is 0 Å². The van der Waals surface area contributed by atoms with Gasteiger partial charge in [-0.05, 0) is 42.5 Å². The van der Waals surface area contributed by atoms with Crippen LogP contribution in [0.2, 0.25) is 0 Å². The Bertz CT molecular complexity index is 348. The van der Waals surface area contributed by atoms with Gasteiger partial charge in [0.15, 0.2) is 0 Å². The van der Waals surface area contributed by atoms with Crippen molar-refractivity contribution in [2.45, 2.75) is 25.8 Å². The van der Waals surface area contributed by atoms with Crippen molar-refractivity contribution in [2.24, 2.45) is 11.7 Å². The number of nitrogens with two attached hydrogens (primary N) is 1. The fourth-order valence-electron chi connectivity index (χ4n) is 1.97. The van der Waals surface area contributed by atoms with E-state index in [1.54, 1.807) is 6.07 Å². The average Bonchev–Trinajstić information content (AvgIpc) is 2.59. The lowest BCUT2D eigenvalue weighted by Crippen LogP contribution is -2.22. The first-order valence-electron chi connectivity index (χ1n) is 4.59. The van der Waals surface area contributed by atoms with E-state index < -0.39 is 0 Å². The van der Waals surface area contributed by atoms with Crippen LogP contribution in [0.15, 0.2) is 18.2 Å². The van der Waals surface area contributed by atoms with Crippen molar-refractivity contribution in [1.82, 2.24) is 0 Å². The van der Waals surface area contributed by atoms with Crippen LogP contribution in [0.5, 0.6) is 0 Å². The second-order valence-corrected chi connectivity index (χ2v) is 4.10. The minimum absolute atomic E-state index is 0.182. The van der Waals surface area contributed by atoms with E-state index in [-0.39, 0.29) is 11.4 Å². The van der Waals surface area contributed by atoms with Gasteiger partial charge in [0.1, 0.15) is 5.82 Å². The van der Waals surface area contributed by atoms with E-state index in [0.29, 0.717) is 5.92 Å². The number of hydrogen-bond donors (Lipinski definition) is 1. The number of rotatable bonds is 1. The monoisotopic (exact) mass is 179 g/mol. The van der Waals surface area contributed by atoms with E-state index in [9.17, 15) is 4.39 Å². The number of aryl methyl sites for hydroxylation is 1. The SMILES string of the molecule is Cc1cc(F)ccc1C1(N)CC1C. The lowest BCUT2D eigenvalue weighted by atomic mass is 9.98. The highest BCUT2D eigenvalue weighted by molar-refractivity contribution is 5.38. The van der Waals surface area contributed by atoms with Crippen LogP contribution in [0.3, 0.4) is 0 Å². The van der Waals surface area contributed by atoms with Crippen molar-refractivity contribution in [3.63, 3.8) is 0 Å². The normalized spacial score (nSPS) is 31.8. The van der Waals surface area contributed by atoms with Gasteiger partial charge in [0.25, 0.3) is 0 Å². The molecule has 0 aromatic heterocycles. The van der Waals surface area contributed by atoms with Gasteiger partial charge in [0.05, 0.1) is 0 Å². The molecule has 2 atom stereocenters. The summed E-state index contributed by atoms with van der Waals surface area (Å²) in [4.78, 5) is 0. The third-order valence-electron chi connectivity index (χ3n) is 3.05. The summed E-state index contributed by atoms with van der Waals surface area (Å²) < 4.78 is 12.8. The number of benzene rings is 1. The van der Waals surface area contributed by atoms with Crippen LogP contribution in [-0.4, -0.2) is 0 Å². The Hall–Kier alpha value is -0.890. The van der Waals surface area contributed by atoms with E-state index in [1.807, 2.05) is 13.0 Å². The molecule has 0 spiro atoms. The highest BCUT2D eigenvalue weighted by Gasteiger charge is 2.49.